The summed E-state index contributed by atoms with van der Waals surface area (Å²) in [6.07, 6.45) is 1.82. The first-order valence-electron chi connectivity index (χ1n) is 4.71. The van der Waals surface area contributed by atoms with Crippen LogP contribution in [-0.4, -0.2) is 24.6 Å². The first-order chi connectivity index (χ1) is 6.72. The summed E-state index contributed by atoms with van der Waals surface area (Å²) in [4.78, 5) is 4.28. The number of nitrogens with one attached hydrogen (secondary N) is 2. The Balaban J connectivity index is 2.34. The van der Waals surface area contributed by atoms with E-state index in [4.69, 9.17) is 0 Å². The minimum absolute atomic E-state index is 0.463. The zero-order valence-electron chi connectivity index (χ0n) is 8.55. The minimum Gasteiger partial charge on any atom is -0.318 e. The van der Waals surface area contributed by atoms with Crippen LogP contribution >= 0.6 is 15.9 Å². The third kappa shape index (κ3) is 4.17. The number of rotatable bonds is 5. The van der Waals surface area contributed by atoms with Crippen molar-refractivity contribution in [2.24, 2.45) is 0 Å². The molecule has 0 spiro atoms. The zero-order valence-corrected chi connectivity index (χ0v) is 10.1. The van der Waals surface area contributed by atoms with E-state index in [1.54, 1.807) is 0 Å². The maximum atomic E-state index is 4.28. The van der Waals surface area contributed by atoms with Crippen LogP contribution in [0.15, 0.2) is 22.8 Å². The van der Waals surface area contributed by atoms with Crippen molar-refractivity contribution < 1.29 is 0 Å². The van der Waals surface area contributed by atoms with Crippen molar-refractivity contribution in [2.45, 2.75) is 19.5 Å². The Labute approximate surface area is 93.4 Å². The van der Waals surface area contributed by atoms with Crippen molar-refractivity contribution in [3.8, 4) is 0 Å². The average molecular weight is 258 g/mol. The van der Waals surface area contributed by atoms with Gasteiger partial charge in [-0.1, -0.05) is 0 Å². The fourth-order valence-corrected chi connectivity index (χ4v) is 1.40. The molecule has 1 heterocycles. The highest BCUT2D eigenvalue weighted by atomic mass is 79.9. The van der Waals surface area contributed by atoms with Gasteiger partial charge in [0.15, 0.2) is 0 Å². The molecule has 0 aliphatic carbocycles. The van der Waals surface area contributed by atoms with Crippen molar-refractivity contribution in [3.05, 3.63) is 28.5 Å². The van der Waals surface area contributed by atoms with Gasteiger partial charge in [0, 0.05) is 29.8 Å². The Morgan fingerprint density at radius 3 is 2.86 bits per heavy atom. The highest BCUT2D eigenvalue weighted by molar-refractivity contribution is 9.10. The highest BCUT2D eigenvalue weighted by Gasteiger charge is 1.99. The molecule has 78 valence electrons. The second-order valence-electron chi connectivity index (χ2n) is 3.31. The molecule has 3 nitrogen and oxygen atoms in total. The molecular formula is C10H16BrN3. The van der Waals surface area contributed by atoms with Crippen LogP contribution in [0, 0.1) is 0 Å². The standard InChI is InChI=1S/C10H16BrN3/c1-8(5-12-2)13-7-10-4-3-9(11)6-14-10/h3-4,6,8,12-13H,5,7H2,1-2H3. The number of nitrogens with zero attached hydrogens (tertiary/aromatic N) is 1. The molecule has 0 saturated heterocycles. The molecule has 4 heteroatoms. The monoisotopic (exact) mass is 257 g/mol. The number of pyridine rings is 1. The van der Waals surface area contributed by atoms with Crippen molar-refractivity contribution in [3.63, 3.8) is 0 Å². The van der Waals surface area contributed by atoms with E-state index in [0.717, 1.165) is 23.3 Å². The second-order valence-corrected chi connectivity index (χ2v) is 4.22. The molecule has 1 aromatic rings. The van der Waals surface area contributed by atoms with Gasteiger partial charge in [0.1, 0.15) is 0 Å². The normalized spacial score (nSPS) is 12.8. The largest absolute Gasteiger partial charge is 0.318 e. The smallest absolute Gasteiger partial charge is 0.0542 e. The summed E-state index contributed by atoms with van der Waals surface area (Å²) in [7, 11) is 1.95. The van der Waals surface area contributed by atoms with E-state index in [9.17, 15) is 0 Å². The number of hydrogen-bond acceptors (Lipinski definition) is 3. The van der Waals surface area contributed by atoms with Gasteiger partial charge in [0.2, 0.25) is 0 Å². The summed E-state index contributed by atoms with van der Waals surface area (Å²) in [5.41, 5.74) is 1.07. The van der Waals surface area contributed by atoms with Crippen LogP contribution in [0.1, 0.15) is 12.6 Å². The lowest BCUT2D eigenvalue weighted by Crippen LogP contribution is -2.34. The van der Waals surface area contributed by atoms with Crippen LogP contribution in [0.3, 0.4) is 0 Å². The molecule has 0 aromatic carbocycles. The summed E-state index contributed by atoms with van der Waals surface area (Å²) in [5.74, 6) is 0. The molecule has 1 rings (SSSR count). The van der Waals surface area contributed by atoms with E-state index in [-0.39, 0.29) is 0 Å². The Morgan fingerprint density at radius 2 is 2.29 bits per heavy atom. The van der Waals surface area contributed by atoms with E-state index in [2.05, 4.69) is 38.5 Å². The summed E-state index contributed by atoms with van der Waals surface area (Å²) >= 11 is 3.36. The van der Waals surface area contributed by atoms with Crippen LogP contribution in [0.2, 0.25) is 0 Å². The first-order valence-corrected chi connectivity index (χ1v) is 5.50. The number of aromatic nitrogens is 1. The molecule has 0 saturated carbocycles. The zero-order chi connectivity index (χ0) is 10.4. The molecule has 1 aromatic heterocycles. The molecule has 14 heavy (non-hydrogen) atoms. The average Bonchev–Trinajstić information content (AvgIpc) is 2.17. The number of likely N-dealkylation sites (N-methyl/N-ethyl adjacent to an activating group) is 1. The second kappa shape index (κ2) is 6.11. The van der Waals surface area contributed by atoms with Crippen LogP contribution in [0.25, 0.3) is 0 Å². The SMILES string of the molecule is CNCC(C)NCc1ccc(Br)cn1. The van der Waals surface area contributed by atoms with Crippen molar-refractivity contribution in [1.29, 1.82) is 0 Å². The Hall–Kier alpha value is -0.450. The third-order valence-electron chi connectivity index (χ3n) is 1.93. The predicted octanol–water partition coefficient (Wildman–Crippen LogP) is 1.54. The minimum atomic E-state index is 0.463. The number of halogens is 1. The summed E-state index contributed by atoms with van der Waals surface area (Å²) in [5, 5.41) is 6.50. The topological polar surface area (TPSA) is 37.0 Å². The quantitative estimate of drug-likeness (QED) is 0.841. The first kappa shape index (κ1) is 11.6. The van der Waals surface area contributed by atoms with Gasteiger partial charge in [0.25, 0.3) is 0 Å². The Morgan fingerprint density at radius 1 is 1.50 bits per heavy atom. The van der Waals surface area contributed by atoms with Gasteiger partial charge >= 0.3 is 0 Å². The van der Waals surface area contributed by atoms with Gasteiger partial charge < -0.3 is 10.6 Å². The molecule has 0 fully saturated rings. The lowest BCUT2D eigenvalue weighted by Gasteiger charge is -2.12. The molecule has 0 aliphatic heterocycles. The lowest BCUT2D eigenvalue weighted by molar-refractivity contribution is 0.519. The van der Waals surface area contributed by atoms with Gasteiger partial charge in [-0.3, -0.25) is 4.98 Å². The van der Waals surface area contributed by atoms with Gasteiger partial charge in [-0.15, -0.1) is 0 Å². The molecule has 0 aliphatic rings. The molecule has 1 atom stereocenters. The molecule has 0 radical (unpaired) electrons. The van der Waals surface area contributed by atoms with Crippen molar-refractivity contribution in [2.75, 3.05) is 13.6 Å². The van der Waals surface area contributed by atoms with Crippen LogP contribution in [-0.2, 0) is 6.54 Å². The van der Waals surface area contributed by atoms with E-state index < -0.39 is 0 Å². The molecule has 0 amide bonds. The summed E-state index contributed by atoms with van der Waals surface area (Å²) in [6, 6.07) is 4.49. The van der Waals surface area contributed by atoms with E-state index in [1.165, 1.54) is 0 Å². The van der Waals surface area contributed by atoms with E-state index in [1.807, 2.05) is 25.4 Å². The highest BCUT2D eigenvalue weighted by Crippen LogP contribution is 2.07. The fourth-order valence-electron chi connectivity index (χ4n) is 1.17. The van der Waals surface area contributed by atoms with Crippen LogP contribution < -0.4 is 10.6 Å². The Bertz CT molecular complexity index is 261. The third-order valence-corrected chi connectivity index (χ3v) is 2.40. The summed E-state index contributed by atoms with van der Waals surface area (Å²) in [6.45, 7) is 3.93. The van der Waals surface area contributed by atoms with Crippen molar-refractivity contribution in [1.82, 2.24) is 15.6 Å². The van der Waals surface area contributed by atoms with E-state index in [0.29, 0.717) is 6.04 Å². The van der Waals surface area contributed by atoms with Gasteiger partial charge in [-0.05, 0) is 42.0 Å². The van der Waals surface area contributed by atoms with Gasteiger partial charge in [0.05, 0.1) is 5.69 Å². The van der Waals surface area contributed by atoms with Gasteiger partial charge in [-0.25, -0.2) is 0 Å². The predicted molar refractivity (Wildman–Crippen MR) is 62.2 cm³/mol. The van der Waals surface area contributed by atoms with Crippen molar-refractivity contribution >= 4 is 15.9 Å². The maximum absolute atomic E-state index is 4.28. The van der Waals surface area contributed by atoms with Gasteiger partial charge in [-0.2, -0.15) is 0 Å². The number of hydrogen-bond donors (Lipinski definition) is 2. The molecule has 2 N–H and O–H groups in total. The Kier molecular flexibility index (Phi) is 5.07. The maximum Gasteiger partial charge on any atom is 0.0542 e. The van der Waals surface area contributed by atoms with Crippen LogP contribution in [0.4, 0.5) is 0 Å². The van der Waals surface area contributed by atoms with E-state index >= 15 is 0 Å². The molecule has 0 bridgehead atoms. The summed E-state index contributed by atoms with van der Waals surface area (Å²) < 4.78 is 1.02. The molecule has 1 unspecified atom stereocenters. The molecular weight excluding hydrogens is 242 g/mol. The van der Waals surface area contributed by atoms with Crippen LogP contribution in [0.5, 0.6) is 0 Å². The fraction of sp³-hybridized carbons (Fsp3) is 0.500. The lowest BCUT2D eigenvalue weighted by atomic mass is 10.3.